The lowest BCUT2D eigenvalue weighted by Crippen LogP contribution is -2.31. The van der Waals surface area contributed by atoms with Crippen molar-refractivity contribution >= 4 is 11.5 Å². The summed E-state index contributed by atoms with van der Waals surface area (Å²) in [4.78, 5) is 11.1. The number of anilines is 2. The van der Waals surface area contributed by atoms with E-state index in [1.54, 1.807) is 0 Å². The predicted molar refractivity (Wildman–Crippen MR) is 83.5 cm³/mol. The van der Waals surface area contributed by atoms with Crippen LogP contribution in [0.4, 0.5) is 11.5 Å². The van der Waals surface area contributed by atoms with Gasteiger partial charge in [-0.05, 0) is 43.5 Å². The van der Waals surface area contributed by atoms with Gasteiger partial charge in [0.05, 0.1) is 6.61 Å². The maximum Gasteiger partial charge on any atom is 0.218 e. The van der Waals surface area contributed by atoms with Gasteiger partial charge in [-0.2, -0.15) is 4.98 Å². The molecule has 5 nitrogen and oxygen atoms in total. The van der Waals surface area contributed by atoms with Crippen LogP contribution in [-0.4, -0.2) is 23.1 Å². The van der Waals surface area contributed by atoms with Crippen LogP contribution in [0.25, 0.3) is 0 Å². The van der Waals surface area contributed by atoms with Gasteiger partial charge in [0.15, 0.2) is 0 Å². The monoisotopic (exact) mass is 284 g/mol. The highest BCUT2D eigenvalue weighted by Gasteiger charge is 2.18. The van der Waals surface area contributed by atoms with E-state index in [0.717, 1.165) is 36.8 Å². The molecule has 5 heteroatoms. The molecule has 2 heterocycles. The van der Waals surface area contributed by atoms with Crippen molar-refractivity contribution in [3.63, 3.8) is 0 Å². The molecule has 3 rings (SSSR count). The summed E-state index contributed by atoms with van der Waals surface area (Å²) < 4.78 is 5.51. The molecule has 110 valence electrons. The molecule has 1 aliphatic rings. The Bertz CT molecular complexity index is 657. The van der Waals surface area contributed by atoms with Crippen LogP contribution in [0.1, 0.15) is 23.9 Å². The molecule has 2 N–H and O–H groups in total. The van der Waals surface area contributed by atoms with Gasteiger partial charge in [0.25, 0.3) is 0 Å². The smallest absolute Gasteiger partial charge is 0.218 e. The molecule has 0 amide bonds. The number of hydrogen-bond acceptors (Lipinski definition) is 5. The molecule has 0 spiro atoms. The number of benzene rings is 1. The van der Waals surface area contributed by atoms with Crippen molar-refractivity contribution < 1.29 is 4.74 Å². The molecule has 1 aromatic carbocycles. The van der Waals surface area contributed by atoms with Gasteiger partial charge in [-0.1, -0.05) is 6.07 Å². The Morgan fingerprint density at radius 3 is 2.90 bits per heavy atom. The summed E-state index contributed by atoms with van der Waals surface area (Å²) in [5.74, 6) is 2.28. The number of nitrogens with zero attached hydrogens (tertiary/aromatic N) is 3. The minimum atomic E-state index is 0.606. The van der Waals surface area contributed by atoms with E-state index in [0.29, 0.717) is 12.5 Å². The first-order chi connectivity index (χ1) is 10.2. The highest BCUT2D eigenvalue weighted by atomic mass is 16.5. The molecule has 1 aromatic heterocycles. The summed E-state index contributed by atoms with van der Waals surface area (Å²) in [6, 6.07) is 8.06. The maximum atomic E-state index is 5.89. The van der Waals surface area contributed by atoms with Crippen molar-refractivity contribution in [3.8, 4) is 5.88 Å². The first kappa shape index (κ1) is 13.7. The van der Waals surface area contributed by atoms with E-state index in [1.165, 1.54) is 11.1 Å². The average molecular weight is 284 g/mol. The number of aryl methyl sites for hydroxylation is 1. The lowest BCUT2D eigenvalue weighted by Gasteiger charge is -2.30. The SMILES string of the molecule is CCOc1cc(N2CCc3ccc(N)cc3C2)nc(C)n1. The van der Waals surface area contributed by atoms with Crippen LogP contribution in [0.15, 0.2) is 24.3 Å². The van der Waals surface area contributed by atoms with E-state index in [-0.39, 0.29) is 0 Å². The third-order valence-corrected chi connectivity index (χ3v) is 3.66. The number of aromatic nitrogens is 2. The molecule has 0 fully saturated rings. The fraction of sp³-hybridized carbons (Fsp3) is 0.375. The van der Waals surface area contributed by atoms with Crippen molar-refractivity contribution in [1.82, 2.24) is 9.97 Å². The van der Waals surface area contributed by atoms with Gasteiger partial charge in [-0.25, -0.2) is 4.98 Å². The maximum absolute atomic E-state index is 5.89. The van der Waals surface area contributed by atoms with E-state index in [1.807, 2.05) is 26.0 Å². The topological polar surface area (TPSA) is 64.3 Å². The summed E-state index contributed by atoms with van der Waals surface area (Å²) in [5, 5.41) is 0. The second-order valence-corrected chi connectivity index (χ2v) is 5.24. The van der Waals surface area contributed by atoms with Crippen LogP contribution in [0.2, 0.25) is 0 Å². The zero-order chi connectivity index (χ0) is 14.8. The van der Waals surface area contributed by atoms with Gasteiger partial charge in [0, 0.05) is 24.8 Å². The van der Waals surface area contributed by atoms with E-state index >= 15 is 0 Å². The van der Waals surface area contributed by atoms with Crippen LogP contribution in [0.3, 0.4) is 0 Å². The number of ether oxygens (including phenoxy) is 1. The van der Waals surface area contributed by atoms with Crippen LogP contribution in [-0.2, 0) is 13.0 Å². The molecule has 0 radical (unpaired) electrons. The lowest BCUT2D eigenvalue weighted by atomic mass is 9.99. The Balaban J connectivity index is 1.88. The Labute approximate surface area is 124 Å². The van der Waals surface area contributed by atoms with E-state index in [4.69, 9.17) is 10.5 Å². The van der Waals surface area contributed by atoms with Crippen molar-refractivity contribution in [2.75, 3.05) is 23.8 Å². The largest absolute Gasteiger partial charge is 0.478 e. The summed E-state index contributed by atoms with van der Waals surface area (Å²) in [5.41, 5.74) is 9.34. The van der Waals surface area contributed by atoms with Crippen molar-refractivity contribution in [2.45, 2.75) is 26.8 Å². The first-order valence-corrected chi connectivity index (χ1v) is 7.26. The molecule has 21 heavy (non-hydrogen) atoms. The second kappa shape index (κ2) is 5.60. The first-order valence-electron chi connectivity index (χ1n) is 7.26. The van der Waals surface area contributed by atoms with Gasteiger partial charge in [-0.3, -0.25) is 0 Å². The van der Waals surface area contributed by atoms with Crippen LogP contribution in [0, 0.1) is 6.92 Å². The second-order valence-electron chi connectivity index (χ2n) is 5.24. The van der Waals surface area contributed by atoms with Crippen LogP contribution < -0.4 is 15.4 Å². The molecular formula is C16H20N4O. The van der Waals surface area contributed by atoms with Crippen molar-refractivity contribution in [2.24, 2.45) is 0 Å². The molecule has 0 saturated carbocycles. The average Bonchev–Trinajstić information content (AvgIpc) is 2.46. The lowest BCUT2D eigenvalue weighted by molar-refractivity contribution is 0.325. The Morgan fingerprint density at radius 2 is 2.10 bits per heavy atom. The predicted octanol–water partition coefficient (Wildman–Crippen LogP) is 2.33. The summed E-state index contributed by atoms with van der Waals surface area (Å²) >= 11 is 0. The Hall–Kier alpha value is -2.30. The minimum Gasteiger partial charge on any atom is -0.478 e. The zero-order valence-electron chi connectivity index (χ0n) is 12.5. The quantitative estimate of drug-likeness (QED) is 0.876. The zero-order valence-corrected chi connectivity index (χ0v) is 12.5. The van der Waals surface area contributed by atoms with Gasteiger partial charge in [-0.15, -0.1) is 0 Å². The van der Waals surface area contributed by atoms with Crippen LogP contribution in [0.5, 0.6) is 5.88 Å². The molecular weight excluding hydrogens is 264 g/mol. The number of rotatable bonds is 3. The fourth-order valence-electron chi connectivity index (χ4n) is 2.68. The molecule has 0 aliphatic carbocycles. The van der Waals surface area contributed by atoms with E-state index < -0.39 is 0 Å². The highest BCUT2D eigenvalue weighted by Crippen LogP contribution is 2.26. The summed E-state index contributed by atoms with van der Waals surface area (Å²) in [7, 11) is 0. The van der Waals surface area contributed by atoms with Crippen molar-refractivity contribution in [1.29, 1.82) is 0 Å². The number of nitrogen functional groups attached to an aromatic ring is 1. The number of fused-ring (bicyclic) bond motifs is 1. The summed E-state index contributed by atoms with van der Waals surface area (Å²) in [6.07, 6.45) is 1.00. The molecule has 0 atom stereocenters. The highest BCUT2D eigenvalue weighted by molar-refractivity contribution is 5.50. The summed E-state index contributed by atoms with van der Waals surface area (Å²) in [6.45, 7) is 6.22. The minimum absolute atomic E-state index is 0.606. The Kier molecular flexibility index (Phi) is 3.64. The van der Waals surface area contributed by atoms with Gasteiger partial charge in [0.2, 0.25) is 5.88 Å². The van der Waals surface area contributed by atoms with Crippen LogP contribution >= 0.6 is 0 Å². The van der Waals surface area contributed by atoms with E-state index in [9.17, 15) is 0 Å². The normalized spacial score (nSPS) is 13.9. The number of hydrogen-bond donors (Lipinski definition) is 1. The number of nitrogens with two attached hydrogens (primary N) is 1. The molecule has 0 bridgehead atoms. The molecule has 2 aromatic rings. The molecule has 1 aliphatic heterocycles. The van der Waals surface area contributed by atoms with Gasteiger partial charge < -0.3 is 15.4 Å². The van der Waals surface area contributed by atoms with Gasteiger partial charge in [0.1, 0.15) is 11.6 Å². The fourth-order valence-corrected chi connectivity index (χ4v) is 2.68. The molecule has 0 saturated heterocycles. The van der Waals surface area contributed by atoms with E-state index in [2.05, 4.69) is 27.0 Å². The third-order valence-electron chi connectivity index (χ3n) is 3.66. The third kappa shape index (κ3) is 2.91. The molecule has 0 unspecified atom stereocenters. The van der Waals surface area contributed by atoms with Crippen molar-refractivity contribution in [3.05, 3.63) is 41.2 Å². The Morgan fingerprint density at radius 1 is 1.24 bits per heavy atom. The van der Waals surface area contributed by atoms with Gasteiger partial charge >= 0.3 is 0 Å². The standard InChI is InChI=1S/C16H20N4O/c1-3-21-16-9-15(18-11(2)19-16)20-7-6-12-4-5-14(17)8-13(12)10-20/h4-5,8-9H,3,6-7,10,17H2,1-2H3.